The average Bonchev–Trinajstić information content (AvgIpc) is 2.87. The zero-order valence-corrected chi connectivity index (χ0v) is 16.1. The molecule has 1 saturated heterocycles. The number of rotatable bonds is 4. The van der Waals surface area contributed by atoms with Gasteiger partial charge in [-0.1, -0.05) is 55.0 Å². The molecule has 0 aromatic heterocycles. The van der Waals surface area contributed by atoms with Crippen LogP contribution >= 0.6 is 23.2 Å². The van der Waals surface area contributed by atoms with Crippen molar-refractivity contribution in [3.05, 3.63) is 33.8 Å². The third kappa shape index (κ3) is 4.48. The third-order valence-electron chi connectivity index (χ3n) is 5.59. The van der Waals surface area contributed by atoms with Gasteiger partial charge in [-0.2, -0.15) is 0 Å². The van der Waals surface area contributed by atoms with Crippen LogP contribution in [0.15, 0.2) is 18.2 Å². The lowest BCUT2D eigenvalue weighted by Crippen LogP contribution is -2.60. The van der Waals surface area contributed by atoms with Crippen molar-refractivity contribution in [2.45, 2.75) is 44.1 Å². The van der Waals surface area contributed by atoms with Crippen molar-refractivity contribution >= 4 is 29.1 Å². The SMILES string of the molecule is O=C(NCC1(N2CCNCC2)CCCCCC1)c1c(Cl)cccc1Cl. The Hall–Kier alpha value is -0.810. The molecule has 2 fully saturated rings. The minimum absolute atomic E-state index is 0.0575. The van der Waals surface area contributed by atoms with E-state index in [1.165, 1.54) is 25.7 Å². The summed E-state index contributed by atoms with van der Waals surface area (Å²) in [5.74, 6) is -0.172. The van der Waals surface area contributed by atoms with Crippen LogP contribution in [0.4, 0.5) is 0 Å². The Morgan fingerprint density at radius 2 is 1.68 bits per heavy atom. The normalized spacial score (nSPS) is 21.5. The Bertz CT molecular complexity index is 574. The molecule has 1 amide bonds. The molecule has 1 saturated carbocycles. The van der Waals surface area contributed by atoms with Crippen molar-refractivity contribution in [3.63, 3.8) is 0 Å². The Morgan fingerprint density at radius 3 is 2.28 bits per heavy atom. The van der Waals surface area contributed by atoms with Crippen LogP contribution in [0.25, 0.3) is 0 Å². The first-order valence-corrected chi connectivity index (χ1v) is 10.1. The van der Waals surface area contributed by atoms with E-state index in [0.717, 1.165) is 39.0 Å². The first-order chi connectivity index (χ1) is 12.1. The third-order valence-corrected chi connectivity index (χ3v) is 6.22. The van der Waals surface area contributed by atoms with Crippen LogP contribution in [0.5, 0.6) is 0 Å². The summed E-state index contributed by atoms with van der Waals surface area (Å²) in [6.45, 7) is 4.79. The van der Waals surface area contributed by atoms with Gasteiger partial charge in [-0.3, -0.25) is 9.69 Å². The number of nitrogens with zero attached hydrogens (tertiary/aromatic N) is 1. The number of hydrogen-bond acceptors (Lipinski definition) is 3. The highest BCUT2D eigenvalue weighted by molar-refractivity contribution is 6.39. The molecule has 0 radical (unpaired) electrons. The first kappa shape index (κ1) is 19.0. The van der Waals surface area contributed by atoms with Crippen molar-refractivity contribution in [3.8, 4) is 0 Å². The highest BCUT2D eigenvalue weighted by atomic mass is 35.5. The summed E-state index contributed by atoms with van der Waals surface area (Å²) in [5.41, 5.74) is 0.442. The molecule has 1 heterocycles. The molecule has 3 rings (SSSR count). The predicted octanol–water partition coefficient (Wildman–Crippen LogP) is 3.72. The molecule has 1 aromatic carbocycles. The molecule has 0 unspecified atom stereocenters. The van der Waals surface area contributed by atoms with Crippen LogP contribution < -0.4 is 10.6 Å². The summed E-state index contributed by atoms with van der Waals surface area (Å²) in [6.07, 6.45) is 7.32. The van der Waals surface area contributed by atoms with Gasteiger partial charge in [-0.15, -0.1) is 0 Å². The molecule has 0 spiro atoms. The Morgan fingerprint density at radius 1 is 1.08 bits per heavy atom. The fraction of sp³-hybridized carbons (Fsp3) is 0.632. The van der Waals surface area contributed by atoms with E-state index in [4.69, 9.17) is 23.2 Å². The average molecular weight is 384 g/mol. The number of nitrogens with one attached hydrogen (secondary N) is 2. The summed E-state index contributed by atoms with van der Waals surface area (Å²) in [4.78, 5) is 15.3. The molecule has 1 aliphatic heterocycles. The lowest BCUT2D eigenvalue weighted by atomic mass is 9.87. The van der Waals surface area contributed by atoms with Crippen molar-refractivity contribution in [1.82, 2.24) is 15.5 Å². The molecule has 1 aliphatic carbocycles. The maximum absolute atomic E-state index is 12.7. The number of piperazine rings is 1. The fourth-order valence-corrected chi connectivity index (χ4v) is 4.75. The Labute approximate surface area is 160 Å². The quantitative estimate of drug-likeness (QED) is 0.778. The van der Waals surface area contributed by atoms with E-state index in [1.54, 1.807) is 18.2 Å². The molecule has 2 aliphatic rings. The number of amides is 1. The molecule has 6 heteroatoms. The van der Waals surface area contributed by atoms with E-state index in [1.807, 2.05) is 0 Å². The highest BCUT2D eigenvalue weighted by Crippen LogP contribution is 2.33. The van der Waals surface area contributed by atoms with E-state index >= 15 is 0 Å². The molecule has 4 nitrogen and oxygen atoms in total. The molecule has 2 N–H and O–H groups in total. The number of benzene rings is 1. The number of halogens is 2. The summed E-state index contributed by atoms with van der Waals surface area (Å²) in [7, 11) is 0. The highest BCUT2D eigenvalue weighted by Gasteiger charge is 2.38. The fourth-order valence-electron chi connectivity index (χ4n) is 4.18. The van der Waals surface area contributed by atoms with Gasteiger partial charge in [0.2, 0.25) is 0 Å². The maximum atomic E-state index is 12.7. The van der Waals surface area contributed by atoms with Crippen molar-refractivity contribution in [2.75, 3.05) is 32.7 Å². The number of carbonyl (C=O) groups is 1. The smallest absolute Gasteiger partial charge is 0.254 e. The van der Waals surface area contributed by atoms with E-state index in [2.05, 4.69) is 15.5 Å². The van der Waals surface area contributed by atoms with Gasteiger partial charge in [0.25, 0.3) is 5.91 Å². The standard InChI is InChI=1S/C19H27Cl2N3O/c20-15-6-5-7-16(21)17(15)18(25)23-14-19(8-3-1-2-4-9-19)24-12-10-22-11-13-24/h5-7,22H,1-4,8-14H2,(H,23,25). The van der Waals surface area contributed by atoms with E-state index in [9.17, 15) is 4.79 Å². The molecule has 0 atom stereocenters. The monoisotopic (exact) mass is 383 g/mol. The summed E-state index contributed by atoms with van der Waals surface area (Å²) in [5, 5.41) is 7.38. The van der Waals surface area contributed by atoms with Crippen LogP contribution in [0, 0.1) is 0 Å². The molecule has 25 heavy (non-hydrogen) atoms. The van der Waals surface area contributed by atoms with E-state index in [0.29, 0.717) is 22.2 Å². The van der Waals surface area contributed by atoms with Gasteiger partial charge in [0, 0.05) is 38.3 Å². The number of carbonyl (C=O) groups excluding carboxylic acids is 1. The second kappa shape index (κ2) is 8.72. The van der Waals surface area contributed by atoms with Gasteiger partial charge >= 0.3 is 0 Å². The van der Waals surface area contributed by atoms with E-state index < -0.39 is 0 Å². The Balaban J connectivity index is 1.75. The summed E-state index contributed by atoms with van der Waals surface area (Å²) >= 11 is 12.4. The van der Waals surface area contributed by atoms with E-state index in [-0.39, 0.29) is 11.4 Å². The molecular weight excluding hydrogens is 357 g/mol. The largest absolute Gasteiger partial charge is 0.350 e. The Kier molecular flexibility index (Phi) is 6.61. The number of hydrogen-bond donors (Lipinski definition) is 2. The topological polar surface area (TPSA) is 44.4 Å². The van der Waals surface area contributed by atoms with Crippen LogP contribution in [0.2, 0.25) is 10.0 Å². The summed E-state index contributed by atoms with van der Waals surface area (Å²) in [6, 6.07) is 5.18. The second-order valence-corrected chi connectivity index (χ2v) is 7.97. The van der Waals surface area contributed by atoms with Crippen molar-refractivity contribution in [2.24, 2.45) is 0 Å². The minimum atomic E-state index is -0.172. The van der Waals surface area contributed by atoms with Gasteiger partial charge in [0.1, 0.15) is 0 Å². The van der Waals surface area contributed by atoms with Gasteiger partial charge < -0.3 is 10.6 Å². The van der Waals surface area contributed by atoms with Gasteiger partial charge in [0.05, 0.1) is 15.6 Å². The maximum Gasteiger partial charge on any atom is 0.254 e. The van der Waals surface area contributed by atoms with Gasteiger partial charge in [-0.05, 0) is 25.0 Å². The molecule has 0 bridgehead atoms. The lowest BCUT2D eigenvalue weighted by Gasteiger charge is -2.46. The minimum Gasteiger partial charge on any atom is -0.350 e. The zero-order chi connectivity index (χ0) is 17.7. The van der Waals surface area contributed by atoms with Crippen LogP contribution in [0.1, 0.15) is 48.9 Å². The molecule has 138 valence electrons. The van der Waals surface area contributed by atoms with Crippen molar-refractivity contribution < 1.29 is 4.79 Å². The predicted molar refractivity (Wildman–Crippen MR) is 104 cm³/mol. The first-order valence-electron chi connectivity index (χ1n) is 9.30. The molecule has 1 aromatic rings. The van der Waals surface area contributed by atoms with Crippen LogP contribution in [0.3, 0.4) is 0 Å². The van der Waals surface area contributed by atoms with Crippen LogP contribution in [-0.4, -0.2) is 49.1 Å². The van der Waals surface area contributed by atoms with Gasteiger partial charge in [0.15, 0.2) is 0 Å². The van der Waals surface area contributed by atoms with Crippen LogP contribution in [-0.2, 0) is 0 Å². The molecular formula is C19H27Cl2N3O. The summed E-state index contributed by atoms with van der Waals surface area (Å²) < 4.78 is 0. The zero-order valence-electron chi connectivity index (χ0n) is 14.6. The van der Waals surface area contributed by atoms with Gasteiger partial charge in [-0.25, -0.2) is 0 Å². The lowest BCUT2D eigenvalue weighted by molar-refractivity contribution is 0.0544. The van der Waals surface area contributed by atoms with Crippen molar-refractivity contribution in [1.29, 1.82) is 0 Å². The second-order valence-electron chi connectivity index (χ2n) is 7.15.